The second-order valence-corrected chi connectivity index (χ2v) is 6.41. The molecular formula is C19H24N2O2. The summed E-state index contributed by atoms with van der Waals surface area (Å²) in [5, 5.41) is 14.9. The van der Waals surface area contributed by atoms with Crippen LogP contribution < -0.4 is 5.32 Å². The number of carbonyl (C=O) groups excluding carboxylic acids is 1. The molecule has 4 heteroatoms. The number of likely N-dealkylation sites (tertiary alicyclic amines) is 1. The van der Waals surface area contributed by atoms with Crippen LogP contribution in [-0.4, -0.2) is 41.7 Å². The molecule has 3 rings (SSSR count). The minimum Gasteiger partial charge on any atom is -0.393 e. The van der Waals surface area contributed by atoms with Crippen LogP contribution >= 0.6 is 0 Å². The van der Waals surface area contributed by atoms with E-state index in [-0.39, 0.29) is 12.0 Å². The molecule has 0 spiro atoms. The Morgan fingerprint density at radius 2 is 2.09 bits per heavy atom. The fourth-order valence-corrected chi connectivity index (χ4v) is 3.27. The molecule has 1 fully saturated rings. The normalized spacial score (nSPS) is 19.8. The maximum Gasteiger partial charge on any atom is 0.225 e. The summed E-state index contributed by atoms with van der Waals surface area (Å²) < 4.78 is 0. The summed E-state index contributed by atoms with van der Waals surface area (Å²) in [6, 6.07) is 14.0. The number of rotatable bonds is 5. The molecule has 0 saturated carbocycles. The van der Waals surface area contributed by atoms with Crippen molar-refractivity contribution in [2.75, 3.05) is 25.0 Å². The van der Waals surface area contributed by atoms with Gasteiger partial charge < -0.3 is 15.3 Å². The van der Waals surface area contributed by atoms with Crippen molar-refractivity contribution in [2.45, 2.75) is 25.9 Å². The fraction of sp³-hybridized carbons (Fsp3) is 0.421. The second kappa shape index (κ2) is 7.11. The van der Waals surface area contributed by atoms with Gasteiger partial charge in [-0.15, -0.1) is 0 Å². The Bertz CT molecular complexity index is 679. The summed E-state index contributed by atoms with van der Waals surface area (Å²) in [6.07, 6.45) is 1.24. The van der Waals surface area contributed by atoms with Crippen LogP contribution in [0.5, 0.6) is 0 Å². The molecule has 1 aliphatic rings. The quantitative estimate of drug-likeness (QED) is 0.892. The van der Waals surface area contributed by atoms with Gasteiger partial charge in [-0.05, 0) is 37.3 Å². The van der Waals surface area contributed by atoms with Crippen LogP contribution in [0.4, 0.5) is 5.69 Å². The average molecular weight is 312 g/mol. The van der Waals surface area contributed by atoms with Gasteiger partial charge in [-0.1, -0.05) is 36.4 Å². The zero-order valence-corrected chi connectivity index (χ0v) is 13.5. The van der Waals surface area contributed by atoms with E-state index in [1.54, 1.807) is 0 Å². The SMILES string of the molecule is CC(O)C1CCN(CCC(=O)Nc2cccc3ccccc23)C1. The van der Waals surface area contributed by atoms with Gasteiger partial charge in [0.05, 0.1) is 6.10 Å². The van der Waals surface area contributed by atoms with Gasteiger partial charge in [0.15, 0.2) is 0 Å². The number of hydrogen-bond acceptors (Lipinski definition) is 3. The number of aliphatic hydroxyl groups is 1. The maximum absolute atomic E-state index is 12.2. The lowest BCUT2D eigenvalue weighted by atomic mass is 10.0. The fourth-order valence-electron chi connectivity index (χ4n) is 3.27. The predicted octanol–water partition coefficient (Wildman–Crippen LogP) is 2.87. The highest BCUT2D eigenvalue weighted by Crippen LogP contribution is 2.23. The van der Waals surface area contributed by atoms with E-state index in [4.69, 9.17) is 0 Å². The molecule has 1 amide bonds. The van der Waals surface area contributed by atoms with E-state index < -0.39 is 0 Å². The number of benzene rings is 2. The highest BCUT2D eigenvalue weighted by Gasteiger charge is 2.25. The van der Waals surface area contributed by atoms with Crippen LogP contribution in [0.2, 0.25) is 0 Å². The van der Waals surface area contributed by atoms with E-state index in [0.717, 1.165) is 42.5 Å². The maximum atomic E-state index is 12.2. The summed E-state index contributed by atoms with van der Waals surface area (Å²) in [7, 11) is 0. The first-order valence-corrected chi connectivity index (χ1v) is 8.31. The van der Waals surface area contributed by atoms with Crippen molar-refractivity contribution >= 4 is 22.4 Å². The molecule has 2 aromatic carbocycles. The lowest BCUT2D eigenvalue weighted by molar-refractivity contribution is -0.116. The molecule has 2 unspecified atom stereocenters. The van der Waals surface area contributed by atoms with Crippen LogP contribution in [0.3, 0.4) is 0 Å². The smallest absolute Gasteiger partial charge is 0.225 e. The monoisotopic (exact) mass is 312 g/mol. The van der Waals surface area contributed by atoms with Crippen molar-refractivity contribution in [1.29, 1.82) is 0 Å². The third-order valence-corrected chi connectivity index (χ3v) is 4.71. The van der Waals surface area contributed by atoms with Gasteiger partial charge in [0.1, 0.15) is 0 Å². The number of amides is 1. The molecule has 4 nitrogen and oxygen atoms in total. The molecule has 122 valence electrons. The molecule has 2 atom stereocenters. The standard InChI is InChI=1S/C19H24N2O2/c1-14(22)16-9-11-21(13-16)12-10-19(23)20-18-8-4-6-15-5-2-3-7-17(15)18/h2-8,14,16,22H,9-13H2,1H3,(H,20,23). The largest absolute Gasteiger partial charge is 0.393 e. The van der Waals surface area contributed by atoms with Crippen LogP contribution in [-0.2, 0) is 4.79 Å². The molecule has 2 N–H and O–H groups in total. The molecule has 1 heterocycles. The Kier molecular flexibility index (Phi) is 4.94. The van der Waals surface area contributed by atoms with Crippen LogP contribution in [0.1, 0.15) is 19.8 Å². The molecule has 0 radical (unpaired) electrons. The van der Waals surface area contributed by atoms with Gasteiger partial charge in [-0.2, -0.15) is 0 Å². The van der Waals surface area contributed by atoms with E-state index >= 15 is 0 Å². The van der Waals surface area contributed by atoms with Crippen molar-refractivity contribution < 1.29 is 9.90 Å². The zero-order valence-electron chi connectivity index (χ0n) is 13.5. The Hall–Kier alpha value is -1.91. The molecule has 23 heavy (non-hydrogen) atoms. The minimum absolute atomic E-state index is 0.0434. The third-order valence-electron chi connectivity index (χ3n) is 4.71. The van der Waals surface area contributed by atoms with Gasteiger partial charge in [-0.3, -0.25) is 4.79 Å². The Labute approximate surface area is 137 Å². The van der Waals surface area contributed by atoms with Gasteiger partial charge >= 0.3 is 0 Å². The Morgan fingerprint density at radius 1 is 1.30 bits per heavy atom. The van der Waals surface area contributed by atoms with E-state index in [1.165, 1.54) is 0 Å². The number of hydrogen-bond donors (Lipinski definition) is 2. The van der Waals surface area contributed by atoms with E-state index in [2.05, 4.69) is 10.2 Å². The van der Waals surface area contributed by atoms with Gasteiger partial charge in [0.25, 0.3) is 0 Å². The van der Waals surface area contributed by atoms with Crippen molar-refractivity contribution in [3.05, 3.63) is 42.5 Å². The number of aliphatic hydroxyl groups excluding tert-OH is 1. The van der Waals surface area contributed by atoms with E-state index in [1.807, 2.05) is 49.4 Å². The van der Waals surface area contributed by atoms with E-state index in [0.29, 0.717) is 12.3 Å². The van der Waals surface area contributed by atoms with Gasteiger partial charge in [0.2, 0.25) is 5.91 Å². The molecular weight excluding hydrogens is 288 g/mol. The van der Waals surface area contributed by atoms with Crippen LogP contribution in [0, 0.1) is 5.92 Å². The summed E-state index contributed by atoms with van der Waals surface area (Å²) in [4.78, 5) is 14.5. The summed E-state index contributed by atoms with van der Waals surface area (Å²) in [5.41, 5.74) is 0.872. The molecule has 0 bridgehead atoms. The van der Waals surface area contributed by atoms with Crippen molar-refractivity contribution in [3.63, 3.8) is 0 Å². The average Bonchev–Trinajstić information content (AvgIpc) is 3.03. The number of fused-ring (bicyclic) bond motifs is 1. The third kappa shape index (κ3) is 3.89. The number of nitrogens with one attached hydrogen (secondary N) is 1. The Balaban J connectivity index is 1.55. The zero-order chi connectivity index (χ0) is 16.2. The van der Waals surface area contributed by atoms with Crippen molar-refractivity contribution in [1.82, 2.24) is 4.90 Å². The van der Waals surface area contributed by atoms with Crippen LogP contribution in [0.15, 0.2) is 42.5 Å². The second-order valence-electron chi connectivity index (χ2n) is 6.41. The minimum atomic E-state index is -0.260. The van der Waals surface area contributed by atoms with Crippen LogP contribution in [0.25, 0.3) is 10.8 Å². The Morgan fingerprint density at radius 3 is 2.87 bits per heavy atom. The molecule has 0 aromatic heterocycles. The topological polar surface area (TPSA) is 52.6 Å². The summed E-state index contributed by atoms with van der Waals surface area (Å²) in [6.45, 7) is 4.46. The lowest BCUT2D eigenvalue weighted by Gasteiger charge is -2.17. The molecule has 2 aromatic rings. The first-order valence-electron chi connectivity index (χ1n) is 8.31. The molecule has 1 saturated heterocycles. The van der Waals surface area contributed by atoms with Gasteiger partial charge in [-0.25, -0.2) is 0 Å². The number of anilines is 1. The first-order chi connectivity index (χ1) is 11.1. The number of nitrogens with zero attached hydrogens (tertiary/aromatic N) is 1. The first kappa shape index (κ1) is 16.0. The summed E-state index contributed by atoms with van der Waals surface area (Å²) >= 11 is 0. The predicted molar refractivity (Wildman–Crippen MR) is 93.4 cm³/mol. The van der Waals surface area contributed by atoms with Crippen molar-refractivity contribution in [3.8, 4) is 0 Å². The van der Waals surface area contributed by atoms with E-state index in [9.17, 15) is 9.90 Å². The summed E-state index contributed by atoms with van der Waals surface area (Å²) in [5.74, 6) is 0.387. The number of carbonyl (C=O) groups is 1. The van der Waals surface area contributed by atoms with Gasteiger partial charge in [0, 0.05) is 30.6 Å². The lowest BCUT2D eigenvalue weighted by Crippen LogP contribution is -2.27. The highest BCUT2D eigenvalue weighted by atomic mass is 16.3. The molecule has 0 aliphatic carbocycles. The van der Waals surface area contributed by atoms with Crippen molar-refractivity contribution in [2.24, 2.45) is 5.92 Å². The highest BCUT2D eigenvalue weighted by molar-refractivity contribution is 6.02. The molecule has 1 aliphatic heterocycles.